The van der Waals surface area contributed by atoms with Gasteiger partial charge in [-0.05, 0) is 31.9 Å². The maximum atomic E-state index is 9.17. The van der Waals surface area contributed by atoms with Crippen LogP contribution in [0.1, 0.15) is 31.9 Å². The fourth-order valence-electron chi connectivity index (χ4n) is 1.46. The summed E-state index contributed by atoms with van der Waals surface area (Å²) in [6.45, 7) is 6.58. The Morgan fingerprint density at radius 2 is 1.88 bits per heavy atom. The summed E-state index contributed by atoms with van der Waals surface area (Å²) in [6.07, 6.45) is 0. The summed E-state index contributed by atoms with van der Waals surface area (Å²) in [4.78, 5) is 4.26. The number of aliphatic imine (C=N–C) groups is 1. The van der Waals surface area contributed by atoms with Gasteiger partial charge >= 0.3 is 0 Å². The molecule has 4 N–H and O–H groups in total. The van der Waals surface area contributed by atoms with Crippen molar-refractivity contribution in [2.75, 3.05) is 0 Å². The highest BCUT2D eigenvalue weighted by molar-refractivity contribution is 5.78. The zero-order chi connectivity index (χ0) is 12.9. The molecule has 17 heavy (non-hydrogen) atoms. The fourth-order valence-corrected chi connectivity index (χ4v) is 1.46. The topological polar surface area (TPSA) is 70.6 Å². The molecule has 0 aliphatic rings. The summed E-state index contributed by atoms with van der Waals surface area (Å²) in [7, 11) is 0. The third-order valence-electron chi connectivity index (χ3n) is 2.21. The van der Waals surface area contributed by atoms with Crippen LogP contribution in [-0.2, 0) is 13.2 Å². The van der Waals surface area contributed by atoms with Crippen molar-refractivity contribution in [2.24, 2.45) is 10.7 Å². The first-order chi connectivity index (χ1) is 7.92. The maximum Gasteiger partial charge on any atom is 0.189 e. The lowest BCUT2D eigenvalue weighted by Crippen LogP contribution is -2.44. The molecule has 0 saturated heterocycles. The van der Waals surface area contributed by atoms with Crippen LogP contribution in [0.5, 0.6) is 0 Å². The van der Waals surface area contributed by atoms with Crippen molar-refractivity contribution < 1.29 is 5.11 Å². The average Bonchev–Trinajstić information content (AvgIpc) is 2.24. The van der Waals surface area contributed by atoms with Gasteiger partial charge in [0.15, 0.2) is 5.96 Å². The molecule has 0 spiro atoms. The molecule has 0 unspecified atom stereocenters. The number of benzene rings is 1. The van der Waals surface area contributed by atoms with Gasteiger partial charge in [-0.1, -0.05) is 24.3 Å². The van der Waals surface area contributed by atoms with E-state index in [0.717, 1.165) is 11.1 Å². The van der Waals surface area contributed by atoms with Crippen molar-refractivity contribution in [1.29, 1.82) is 0 Å². The lowest BCUT2D eigenvalue weighted by molar-refractivity contribution is 0.280. The van der Waals surface area contributed by atoms with E-state index in [1.807, 2.05) is 45.0 Å². The van der Waals surface area contributed by atoms with Gasteiger partial charge in [-0.3, -0.25) is 0 Å². The monoisotopic (exact) mass is 235 g/mol. The average molecular weight is 235 g/mol. The number of nitrogens with zero attached hydrogens (tertiary/aromatic N) is 1. The Hall–Kier alpha value is -1.55. The first kappa shape index (κ1) is 13.5. The number of nitrogens with one attached hydrogen (secondary N) is 1. The van der Waals surface area contributed by atoms with Gasteiger partial charge in [0.25, 0.3) is 0 Å². The zero-order valence-electron chi connectivity index (χ0n) is 10.7. The number of rotatable bonds is 3. The van der Waals surface area contributed by atoms with Crippen LogP contribution in [0, 0.1) is 0 Å². The molecule has 0 amide bonds. The molecule has 0 heterocycles. The molecule has 0 radical (unpaired) electrons. The predicted octanol–water partition coefficient (Wildman–Crippen LogP) is 1.38. The molecule has 94 valence electrons. The Morgan fingerprint density at radius 1 is 1.29 bits per heavy atom. The summed E-state index contributed by atoms with van der Waals surface area (Å²) in [5.41, 5.74) is 7.57. The number of aliphatic hydroxyl groups is 1. The van der Waals surface area contributed by atoms with Crippen LogP contribution in [0.3, 0.4) is 0 Å². The highest BCUT2D eigenvalue weighted by Crippen LogP contribution is 2.09. The Morgan fingerprint density at radius 3 is 2.41 bits per heavy atom. The molecule has 1 aromatic carbocycles. The summed E-state index contributed by atoms with van der Waals surface area (Å²) in [6, 6.07) is 7.66. The van der Waals surface area contributed by atoms with Crippen LogP contribution in [0.25, 0.3) is 0 Å². The van der Waals surface area contributed by atoms with Crippen molar-refractivity contribution in [3.05, 3.63) is 35.4 Å². The highest BCUT2D eigenvalue weighted by Gasteiger charge is 2.09. The van der Waals surface area contributed by atoms with Crippen LogP contribution in [-0.4, -0.2) is 16.6 Å². The number of nitrogens with two attached hydrogens (primary N) is 1. The van der Waals surface area contributed by atoms with E-state index >= 15 is 0 Å². The van der Waals surface area contributed by atoms with Crippen molar-refractivity contribution >= 4 is 5.96 Å². The van der Waals surface area contributed by atoms with E-state index in [-0.39, 0.29) is 12.1 Å². The van der Waals surface area contributed by atoms with Gasteiger partial charge in [0, 0.05) is 5.54 Å². The Labute approximate surface area is 103 Å². The van der Waals surface area contributed by atoms with Crippen LogP contribution < -0.4 is 11.1 Å². The van der Waals surface area contributed by atoms with Gasteiger partial charge in [0.1, 0.15) is 0 Å². The van der Waals surface area contributed by atoms with E-state index in [9.17, 15) is 5.11 Å². The van der Waals surface area contributed by atoms with Crippen LogP contribution in [0.15, 0.2) is 29.3 Å². The summed E-state index contributed by atoms with van der Waals surface area (Å²) in [5, 5.41) is 12.3. The molecular weight excluding hydrogens is 214 g/mol. The van der Waals surface area contributed by atoms with Crippen LogP contribution >= 0.6 is 0 Å². The van der Waals surface area contributed by atoms with E-state index in [2.05, 4.69) is 10.3 Å². The number of hydrogen-bond acceptors (Lipinski definition) is 2. The molecule has 0 atom stereocenters. The molecule has 0 bridgehead atoms. The van der Waals surface area contributed by atoms with E-state index in [1.54, 1.807) is 0 Å². The van der Waals surface area contributed by atoms with E-state index in [1.165, 1.54) is 0 Å². The normalized spacial score (nSPS) is 12.6. The highest BCUT2D eigenvalue weighted by atomic mass is 16.3. The summed E-state index contributed by atoms with van der Waals surface area (Å²) >= 11 is 0. The lowest BCUT2D eigenvalue weighted by Gasteiger charge is -2.21. The standard InChI is InChI=1S/C13H21N3O/c1-13(2,3)16-12(14)15-8-10-6-4-5-7-11(10)9-17/h4-7,17H,8-9H2,1-3H3,(H3,14,15,16). The first-order valence-corrected chi connectivity index (χ1v) is 5.68. The number of hydrogen-bond donors (Lipinski definition) is 3. The summed E-state index contributed by atoms with van der Waals surface area (Å²) < 4.78 is 0. The largest absolute Gasteiger partial charge is 0.392 e. The molecule has 0 aromatic heterocycles. The lowest BCUT2D eigenvalue weighted by atomic mass is 10.1. The molecule has 0 aliphatic heterocycles. The molecule has 1 rings (SSSR count). The van der Waals surface area contributed by atoms with Crippen molar-refractivity contribution in [3.8, 4) is 0 Å². The van der Waals surface area contributed by atoms with Gasteiger partial charge in [0.2, 0.25) is 0 Å². The Kier molecular flexibility index (Phi) is 4.52. The SMILES string of the molecule is CC(C)(C)NC(N)=NCc1ccccc1CO. The summed E-state index contributed by atoms with van der Waals surface area (Å²) in [5.74, 6) is 0.422. The molecule has 4 heteroatoms. The second-order valence-electron chi connectivity index (χ2n) is 5.00. The van der Waals surface area contributed by atoms with Crippen molar-refractivity contribution in [3.63, 3.8) is 0 Å². The third kappa shape index (κ3) is 4.87. The molecular formula is C13H21N3O. The number of guanidine groups is 1. The van der Waals surface area contributed by atoms with Gasteiger partial charge in [-0.15, -0.1) is 0 Å². The van der Waals surface area contributed by atoms with E-state index in [4.69, 9.17) is 5.73 Å². The van der Waals surface area contributed by atoms with Gasteiger partial charge in [0.05, 0.1) is 13.2 Å². The predicted molar refractivity (Wildman–Crippen MR) is 70.6 cm³/mol. The van der Waals surface area contributed by atoms with Gasteiger partial charge in [-0.25, -0.2) is 4.99 Å². The van der Waals surface area contributed by atoms with Crippen molar-refractivity contribution in [2.45, 2.75) is 39.5 Å². The minimum Gasteiger partial charge on any atom is -0.392 e. The Bertz CT molecular complexity index is 394. The molecule has 0 fully saturated rings. The van der Waals surface area contributed by atoms with Gasteiger partial charge < -0.3 is 16.2 Å². The first-order valence-electron chi connectivity index (χ1n) is 5.68. The van der Waals surface area contributed by atoms with E-state index in [0.29, 0.717) is 12.5 Å². The minimum atomic E-state index is -0.0932. The maximum absolute atomic E-state index is 9.17. The molecule has 4 nitrogen and oxygen atoms in total. The zero-order valence-corrected chi connectivity index (χ0v) is 10.7. The second kappa shape index (κ2) is 5.68. The molecule has 1 aromatic rings. The van der Waals surface area contributed by atoms with E-state index < -0.39 is 0 Å². The number of aliphatic hydroxyl groups excluding tert-OH is 1. The van der Waals surface area contributed by atoms with Crippen molar-refractivity contribution in [1.82, 2.24) is 5.32 Å². The molecule has 0 saturated carbocycles. The van der Waals surface area contributed by atoms with Gasteiger partial charge in [-0.2, -0.15) is 0 Å². The second-order valence-corrected chi connectivity index (χ2v) is 5.00. The quantitative estimate of drug-likeness (QED) is 0.547. The Balaban J connectivity index is 2.69. The van der Waals surface area contributed by atoms with Crippen LogP contribution in [0.2, 0.25) is 0 Å². The minimum absolute atomic E-state index is 0.0261. The third-order valence-corrected chi connectivity index (χ3v) is 2.21. The van der Waals surface area contributed by atoms with Crippen LogP contribution in [0.4, 0.5) is 0 Å². The molecule has 0 aliphatic carbocycles. The fraction of sp³-hybridized carbons (Fsp3) is 0.462. The smallest absolute Gasteiger partial charge is 0.189 e.